The van der Waals surface area contributed by atoms with Crippen molar-refractivity contribution >= 4 is 22.7 Å². The minimum Gasteiger partial charge on any atom is -0.478 e. The van der Waals surface area contributed by atoms with Gasteiger partial charge in [0.25, 0.3) is 0 Å². The van der Waals surface area contributed by atoms with Crippen LogP contribution in [-0.2, 0) is 7.05 Å². The number of aryl methyl sites for hydroxylation is 1. The lowest BCUT2D eigenvalue weighted by molar-refractivity contribution is 0.0697. The second kappa shape index (κ2) is 4.38. The van der Waals surface area contributed by atoms with Gasteiger partial charge in [0.1, 0.15) is 5.56 Å². The number of carbonyl (C=O) groups is 1. The van der Waals surface area contributed by atoms with Crippen molar-refractivity contribution in [1.82, 2.24) is 14.8 Å². The van der Waals surface area contributed by atoms with Crippen LogP contribution in [0.25, 0.3) is 11.0 Å². The molecule has 1 aliphatic rings. The van der Waals surface area contributed by atoms with Crippen LogP contribution in [0.5, 0.6) is 0 Å². The van der Waals surface area contributed by atoms with Crippen molar-refractivity contribution in [3.05, 3.63) is 30.1 Å². The van der Waals surface area contributed by atoms with Crippen LogP contribution < -0.4 is 5.32 Å². The molecule has 19 heavy (non-hydrogen) atoms. The number of fused-ring (bicyclic) bond motifs is 1. The molecular weight excluding hydrogens is 244 g/mol. The lowest BCUT2D eigenvalue weighted by atomic mass is 10.1. The Kier molecular flexibility index (Phi) is 2.70. The Bertz CT molecular complexity index is 667. The van der Waals surface area contributed by atoms with E-state index >= 15 is 0 Å². The Morgan fingerprint density at radius 1 is 1.42 bits per heavy atom. The van der Waals surface area contributed by atoms with Gasteiger partial charge in [-0.25, -0.2) is 9.78 Å². The summed E-state index contributed by atoms with van der Waals surface area (Å²) in [5.74, 6) is -0.980. The molecule has 0 saturated carbocycles. The van der Waals surface area contributed by atoms with Crippen molar-refractivity contribution in [3.8, 4) is 0 Å². The number of nitrogens with zero attached hydrogens (tertiary/aromatic N) is 3. The van der Waals surface area contributed by atoms with E-state index in [0.29, 0.717) is 11.3 Å². The molecule has 0 aliphatic heterocycles. The quantitative estimate of drug-likeness (QED) is 0.820. The van der Waals surface area contributed by atoms with Crippen LogP contribution in [0, 0.1) is 0 Å². The van der Waals surface area contributed by atoms with Gasteiger partial charge in [0.15, 0.2) is 5.65 Å². The number of carboxylic acid groups (broad SMARTS) is 1. The number of hydrogen-bond donors (Lipinski definition) is 2. The van der Waals surface area contributed by atoms with Crippen LogP contribution >= 0.6 is 0 Å². The van der Waals surface area contributed by atoms with E-state index in [1.54, 1.807) is 17.9 Å². The van der Waals surface area contributed by atoms with E-state index in [1.165, 1.54) is 6.20 Å². The third-order valence-corrected chi connectivity index (χ3v) is 3.35. The fourth-order valence-electron chi connectivity index (χ4n) is 2.35. The fourth-order valence-corrected chi connectivity index (χ4v) is 2.35. The molecule has 98 valence electrons. The van der Waals surface area contributed by atoms with Gasteiger partial charge >= 0.3 is 5.97 Å². The van der Waals surface area contributed by atoms with Gasteiger partial charge in [-0.1, -0.05) is 12.2 Å². The Hall–Kier alpha value is -2.37. The largest absolute Gasteiger partial charge is 0.478 e. The second-order valence-electron chi connectivity index (χ2n) is 4.64. The summed E-state index contributed by atoms with van der Waals surface area (Å²) in [7, 11) is 1.79. The van der Waals surface area contributed by atoms with E-state index in [-0.39, 0.29) is 11.6 Å². The first kappa shape index (κ1) is 11.7. The van der Waals surface area contributed by atoms with Gasteiger partial charge in [-0.3, -0.25) is 4.68 Å². The highest BCUT2D eigenvalue weighted by molar-refractivity contribution is 6.03. The van der Waals surface area contributed by atoms with Crippen LogP contribution in [0.4, 0.5) is 5.69 Å². The minimum absolute atomic E-state index is 0.187. The molecule has 0 amide bonds. The highest BCUT2D eigenvalue weighted by atomic mass is 16.4. The number of aromatic nitrogens is 3. The Morgan fingerprint density at radius 2 is 2.16 bits per heavy atom. The average Bonchev–Trinajstić information content (AvgIpc) is 3.00. The molecule has 6 heteroatoms. The molecule has 0 spiro atoms. The summed E-state index contributed by atoms with van der Waals surface area (Å²) in [4.78, 5) is 15.5. The molecule has 0 aromatic carbocycles. The zero-order valence-corrected chi connectivity index (χ0v) is 10.5. The number of carboxylic acids is 1. The summed E-state index contributed by atoms with van der Waals surface area (Å²) in [5, 5.41) is 17.5. The summed E-state index contributed by atoms with van der Waals surface area (Å²) in [5.41, 5.74) is 1.48. The molecule has 2 heterocycles. The molecule has 0 unspecified atom stereocenters. The summed E-state index contributed by atoms with van der Waals surface area (Å²) >= 11 is 0. The van der Waals surface area contributed by atoms with Crippen molar-refractivity contribution in [2.75, 3.05) is 5.32 Å². The number of aromatic carboxylic acids is 1. The third-order valence-electron chi connectivity index (χ3n) is 3.35. The third kappa shape index (κ3) is 1.95. The number of anilines is 1. The molecule has 0 fully saturated rings. The van der Waals surface area contributed by atoms with Crippen LogP contribution in [0.15, 0.2) is 24.5 Å². The fraction of sp³-hybridized carbons (Fsp3) is 0.308. The molecule has 1 aliphatic carbocycles. The van der Waals surface area contributed by atoms with Crippen LogP contribution in [0.3, 0.4) is 0 Å². The predicted molar refractivity (Wildman–Crippen MR) is 71.3 cm³/mol. The standard InChI is InChI=1S/C13H14N4O2/c1-17-12-9(7-15-17)11(10(6-14-12)13(18)19)16-8-4-2-3-5-8/h2-3,6-8H,4-5H2,1H3,(H,14,16)(H,18,19). The van der Waals surface area contributed by atoms with E-state index in [2.05, 4.69) is 27.6 Å². The summed E-state index contributed by atoms with van der Waals surface area (Å²) in [6.45, 7) is 0. The number of nitrogens with one attached hydrogen (secondary N) is 1. The molecule has 0 bridgehead atoms. The van der Waals surface area contributed by atoms with Crippen molar-refractivity contribution in [2.24, 2.45) is 7.05 Å². The number of hydrogen-bond acceptors (Lipinski definition) is 4. The molecule has 2 aromatic heterocycles. The van der Waals surface area contributed by atoms with E-state index in [1.807, 2.05) is 0 Å². The zero-order chi connectivity index (χ0) is 13.4. The first-order valence-corrected chi connectivity index (χ1v) is 6.12. The molecule has 0 radical (unpaired) electrons. The van der Waals surface area contributed by atoms with Gasteiger partial charge in [0.2, 0.25) is 0 Å². The van der Waals surface area contributed by atoms with E-state index in [0.717, 1.165) is 18.2 Å². The molecule has 0 atom stereocenters. The van der Waals surface area contributed by atoms with Gasteiger partial charge < -0.3 is 10.4 Å². The maximum absolute atomic E-state index is 11.3. The van der Waals surface area contributed by atoms with Crippen molar-refractivity contribution < 1.29 is 9.90 Å². The van der Waals surface area contributed by atoms with Crippen LogP contribution in [-0.4, -0.2) is 31.9 Å². The van der Waals surface area contributed by atoms with Gasteiger partial charge in [0.05, 0.1) is 17.3 Å². The average molecular weight is 258 g/mol. The first-order chi connectivity index (χ1) is 9.16. The van der Waals surface area contributed by atoms with Crippen LogP contribution in [0.1, 0.15) is 23.2 Å². The van der Waals surface area contributed by atoms with E-state index in [4.69, 9.17) is 0 Å². The highest BCUT2D eigenvalue weighted by Crippen LogP contribution is 2.28. The lowest BCUT2D eigenvalue weighted by Crippen LogP contribution is -2.18. The molecule has 3 rings (SSSR count). The summed E-state index contributed by atoms with van der Waals surface area (Å²) in [6.07, 6.45) is 9.04. The summed E-state index contributed by atoms with van der Waals surface area (Å²) < 4.78 is 1.64. The molecule has 6 nitrogen and oxygen atoms in total. The van der Waals surface area contributed by atoms with E-state index in [9.17, 15) is 9.90 Å². The van der Waals surface area contributed by atoms with Gasteiger partial charge in [-0.05, 0) is 12.8 Å². The molecule has 0 saturated heterocycles. The maximum Gasteiger partial charge on any atom is 0.339 e. The Labute approximate surface area is 109 Å². The second-order valence-corrected chi connectivity index (χ2v) is 4.64. The van der Waals surface area contributed by atoms with Gasteiger partial charge in [-0.2, -0.15) is 5.10 Å². The van der Waals surface area contributed by atoms with E-state index < -0.39 is 5.97 Å². The van der Waals surface area contributed by atoms with Crippen LogP contribution in [0.2, 0.25) is 0 Å². The predicted octanol–water partition coefficient (Wildman–Crippen LogP) is 1.80. The molecule has 2 N–H and O–H groups in total. The van der Waals surface area contributed by atoms with Crippen molar-refractivity contribution in [1.29, 1.82) is 0 Å². The molecular formula is C13H14N4O2. The number of pyridine rings is 1. The smallest absolute Gasteiger partial charge is 0.339 e. The van der Waals surface area contributed by atoms with Crippen molar-refractivity contribution in [2.45, 2.75) is 18.9 Å². The zero-order valence-electron chi connectivity index (χ0n) is 10.5. The van der Waals surface area contributed by atoms with Gasteiger partial charge in [0, 0.05) is 19.3 Å². The summed E-state index contributed by atoms with van der Waals surface area (Å²) in [6, 6.07) is 0.240. The van der Waals surface area contributed by atoms with Gasteiger partial charge in [-0.15, -0.1) is 0 Å². The topological polar surface area (TPSA) is 80.0 Å². The normalized spacial score (nSPS) is 15.2. The minimum atomic E-state index is -0.980. The molecule has 2 aromatic rings. The Morgan fingerprint density at radius 3 is 2.84 bits per heavy atom. The monoisotopic (exact) mass is 258 g/mol. The maximum atomic E-state index is 11.3. The highest BCUT2D eigenvalue weighted by Gasteiger charge is 2.20. The Balaban J connectivity index is 2.11. The number of rotatable bonds is 3. The SMILES string of the molecule is Cn1ncc2c(NC3CC=CC3)c(C(=O)O)cnc21. The first-order valence-electron chi connectivity index (χ1n) is 6.12. The van der Waals surface area contributed by atoms with Crippen molar-refractivity contribution in [3.63, 3.8) is 0 Å². The lowest BCUT2D eigenvalue weighted by Gasteiger charge is -2.16.